The quantitative estimate of drug-likeness (QED) is 0.833. The smallest absolute Gasteiger partial charge is 0.322 e. The molecule has 1 aromatic rings. The minimum atomic E-state index is -0.298. The largest absolute Gasteiger partial charge is 0.338 e. The molecule has 3 rings (SSSR count). The van der Waals surface area contributed by atoms with E-state index >= 15 is 0 Å². The average molecular weight is 359 g/mol. The van der Waals surface area contributed by atoms with E-state index in [0.29, 0.717) is 38.2 Å². The number of aryl methyl sites for hydroxylation is 1. The van der Waals surface area contributed by atoms with E-state index in [-0.39, 0.29) is 24.4 Å². The molecule has 2 aliphatic rings. The van der Waals surface area contributed by atoms with Gasteiger partial charge in [-0.25, -0.2) is 4.79 Å². The number of likely N-dealkylation sites (N-methyl/N-ethyl adjacent to an activating group) is 1. The Bertz CT molecular complexity index is 719. The van der Waals surface area contributed by atoms with Crippen molar-refractivity contribution in [2.75, 3.05) is 57.5 Å². The van der Waals surface area contributed by atoms with E-state index in [1.807, 2.05) is 31.1 Å². The first-order valence-electron chi connectivity index (χ1n) is 8.83. The Balaban J connectivity index is 1.57. The molecule has 26 heavy (non-hydrogen) atoms. The van der Waals surface area contributed by atoms with Gasteiger partial charge >= 0.3 is 6.03 Å². The molecule has 0 saturated carbocycles. The number of hydrogen-bond acceptors (Lipinski definition) is 4. The molecule has 0 atom stereocenters. The molecule has 0 unspecified atom stereocenters. The molecular weight excluding hydrogens is 334 g/mol. The van der Waals surface area contributed by atoms with Crippen LogP contribution in [-0.2, 0) is 16.0 Å². The minimum Gasteiger partial charge on any atom is -0.338 e. The summed E-state index contributed by atoms with van der Waals surface area (Å²) >= 11 is 0. The molecule has 0 radical (unpaired) electrons. The van der Waals surface area contributed by atoms with Gasteiger partial charge in [-0.1, -0.05) is 6.07 Å². The van der Waals surface area contributed by atoms with E-state index in [0.717, 1.165) is 17.8 Å². The maximum atomic E-state index is 12.5. The van der Waals surface area contributed by atoms with E-state index in [2.05, 4.69) is 10.6 Å². The third-order valence-electron chi connectivity index (χ3n) is 4.68. The fourth-order valence-electron chi connectivity index (χ4n) is 3.09. The lowest BCUT2D eigenvalue weighted by molar-refractivity contribution is -0.134. The third-order valence-corrected chi connectivity index (χ3v) is 4.68. The van der Waals surface area contributed by atoms with Gasteiger partial charge in [-0.05, 0) is 38.2 Å². The molecule has 140 valence electrons. The lowest BCUT2D eigenvalue weighted by Crippen LogP contribution is -2.54. The molecule has 0 aliphatic carbocycles. The summed E-state index contributed by atoms with van der Waals surface area (Å²) in [5.41, 5.74) is 2.41. The summed E-state index contributed by atoms with van der Waals surface area (Å²) in [6, 6.07) is 5.20. The average Bonchev–Trinajstić information content (AvgIpc) is 2.60. The van der Waals surface area contributed by atoms with Crippen LogP contribution in [0.4, 0.5) is 16.2 Å². The number of carbonyl (C=O) groups is 3. The van der Waals surface area contributed by atoms with Crippen LogP contribution >= 0.6 is 0 Å². The molecular formula is C18H25N5O3. The standard InChI is InChI=1S/C18H25N5O3/c1-21(2)7-8-22-9-10-23(12-17(22)25)18(26)19-14-5-3-13-4-6-16(24)20-15(13)11-14/h3,5,11H,4,6-10,12H2,1-2H3,(H,19,26)(H,20,24). The van der Waals surface area contributed by atoms with Gasteiger partial charge in [0.2, 0.25) is 11.8 Å². The van der Waals surface area contributed by atoms with E-state index in [1.54, 1.807) is 11.0 Å². The van der Waals surface area contributed by atoms with Crippen LogP contribution in [0.3, 0.4) is 0 Å². The van der Waals surface area contributed by atoms with E-state index in [1.165, 1.54) is 4.90 Å². The fraction of sp³-hybridized carbons (Fsp3) is 0.500. The van der Waals surface area contributed by atoms with Crippen LogP contribution < -0.4 is 10.6 Å². The zero-order chi connectivity index (χ0) is 18.7. The molecule has 2 aliphatic heterocycles. The van der Waals surface area contributed by atoms with E-state index in [9.17, 15) is 14.4 Å². The van der Waals surface area contributed by atoms with Gasteiger partial charge in [-0.2, -0.15) is 0 Å². The molecule has 1 aromatic carbocycles. The molecule has 1 fully saturated rings. The Morgan fingerprint density at radius 3 is 2.77 bits per heavy atom. The maximum absolute atomic E-state index is 12.5. The van der Waals surface area contributed by atoms with Gasteiger partial charge in [-0.15, -0.1) is 0 Å². The Kier molecular flexibility index (Phi) is 5.41. The number of amides is 4. The van der Waals surface area contributed by atoms with Gasteiger partial charge in [-0.3, -0.25) is 9.59 Å². The molecule has 0 bridgehead atoms. The van der Waals surface area contributed by atoms with Crippen LogP contribution in [0.1, 0.15) is 12.0 Å². The summed E-state index contributed by atoms with van der Waals surface area (Å²) in [5.74, 6) is -0.0497. The van der Waals surface area contributed by atoms with Crippen molar-refractivity contribution < 1.29 is 14.4 Å². The summed E-state index contributed by atoms with van der Waals surface area (Å²) in [6.07, 6.45) is 1.19. The van der Waals surface area contributed by atoms with Crippen molar-refractivity contribution in [3.63, 3.8) is 0 Å². The summed E-state index contributed by atoms with van der Waals surface area (Å²) in [5, 5.41) is 5.64. The SMILES string of the molecule is CN(C)CCN1CCN(C(=O)Nc2ccc3c(c2)NC(=O)CC3)CC1=O. The number of anilines is 2. The number of piperazine rings is 1. The molecule has 4 amide bonds. The number of nitrogens with zero attached hydrogens (tertiary/aromatic N) is 3. The van der Waals surface area contributed by atoms with Gasteiger partial charge in [0.1, 0.15) is 6.54 Å². The van der Waals surface area contributed by atoms with Crippen LogP contribution in [-0.4, -0.2) is 79.4 Å². The second-order valence-electron chi connectivity index (χ2n) is 6.96. The highest BCUT2D eigenvalue weighted by molar-refractivity contribution is 5.97. The second kappa shape index (κ2) is 7.74. The Morgan fingerprint density at radius 1 is 1.23 bits per heavy atom. The lowest BCUT2D eigenvalue weighted by Gasteiger charge is -2.34. The number of urea groups is 1. The topological polar surface area (TPSA) is 85.0 Å². The van der Waals surface area contributed by atoms with Crippen LogP contribution in [0.5, 0.6) is 0 Å². The zero-order valence-electron chi connectivity index (χ0n) is 15.2. The summed E-state index contributed by atoms with van der Waals surface area (Å²) in [4.78, 5) is 41.6. The van der Waals surface area contributed by atoms with Crippen molar-refractivity contribution in [3.05, 3.63) is 23.8 Å². The van der Waals surface area contributed by atoms with Gasteiger partial charge in [0.05, 0.1) is 0 Å². The van der Waals surface area contributed by atoms with Crippen LogP contribution in [0.15, 0.2) is 18.2 Å². The van der Waals surface area contributed by atoms with Crippen molar-refractivity contribution in [2.24, 2.45) is 0 Å². The monoisotopic (exact) mass is 359 g/mol. The predicted molar refractivity (Wildman–Crippen MR) is 99.1 cm³/mol. The molecule has 2 heterocycles. The number of benzene rings is 1. The molecule has 8 heteroatoms. The summed E-state index contributed by atoms with van der Waals surface area (Å²) in [6.45, 7) is 2.61. The number of carbonyl (C=O) groups excluding carboxylic acids is 3. The molecule has 0 spiro atoms. The Labute approximate surface area is 153 Å². The first-order valence-corrected chi connectivity index (χ1v) is 8.83. The Morgan fingerprint density at radius 2 is 2.04 bits per heavy atom. The van der Waals surface area contributed by atoms with Crippen molar-refractivity contribution in [1.29, 1.82) is 0 Å². The predicted octanol–water partition coefficient (Wildman–Crippen LogP) is 0.809. The maximum Gasteiger partial charge on any atom is 0.322 e. The van der Waals surface area contributed by atoms with Crippen LogP contribution in [0, 0.1) is 0 Å². The third kappa shape index (κ3) is 4.32. The van der Waals surface area contributed by atoms with Gasteiger partial charge in [0, 0.05) is 44.0 Å². The Hall–Kier alpha value is -2.61. The first kappa shape index (κ1) is 18.2. The molecule has 1 saturated heterocycles. The lowest BCUT2D eigenvalue weighted by atomic mass is 10.0. The fourth-order valence-corrected chi connectivity index (χ4v) is 3.09. The highest BCUT2D eigenvalue weighted by Gasteiger charge is 2.27. The highest BCUT2D eigenvalue weighted by atomic mass is 16.2. The highest BCUT2D eigenvalue weighted by Crippen LogP contribution is 2.26. The van der Waals surface area contributed by atoms with E-state index in [4.69, 9.17) is 0 Å². The number of hydrogen-bond donors (Lipinski definition) is 2. The summed E-state index contributed by atoms with van der Waals surface area (Å²) in [7, 11) is 3.93. The molecule has 2 N–H and O–H groups in total. The van der Waals surface area contributed by atoms with Gasteiger partial charge < -0.3 is 25.3 Å². The van der Waals surface area contributed by atoms with Crippen molar-refractivity contribution in [2.45, 2.75) is 12.8 Å². The van der Waals surface area contributed by atoms with Crippen molar-refractivity contribution in [3.8, 4) is 0 Å². The van der Waals surface area contributed by atoms with Crippen molar-refractivity contribution in [1.82, 2.24) is 14.7 Å². The van der Waals surface area contributed by atoms with Crippen LogP contribution in [0.2, 0.25) is 0 Å². The second-order valence-corrected chi connectivity index (χ2v) is 6.96. The van der Waals surface area contributed by atoms with Gasteiger partial charge in [0.15, 0.2) is 0 Å². The zero-order valence-corrected chi connectivity index (χ0v) is 15.2. The normalized spacial score (nSPS) is 17.2. The van der Waals surface area contributed by atoms with E-state index < -0.39 is 0 Å². The van der Waals surface area contributed by atoms with Gasteiger partial charge in [0.25, 0.3) is 0 Å². The molecule has 8 nitrogen and oxygen atoms in total. The first-order chi connectivity index (χ1) is 12.4. The number of fused-ring (bicyclic) bond motifs is 1. The number of nitrogens with one attached hydrogen (secondary N) is 2. The van der Waals surface area contributed by atoms with Crippen molar-refractivity contribution >= 4 is 29.2 Å². The van der Waals surface area contributed by atoms with Crippen LogP contribution in [0.25, 0.3) is 0 Å². The number of rotatable bonds is 4. The summed E-state index contributed by atoms with van der Waals surface area (Å²) < 4.78 is 0. The minimum absolute atomic E-state index is 0.0135. The molecule has 0 aromatic heterocycles.